The molecule has 4 rings (SSSR count). The zero-order valence-electron chi connectivity index (χ0n) is 15.9. The Hall–Kier alpha value is -3.52. The predicted molar refractivity (Wildman–Crippen MR) is 106 cm³/mol. The van der Waals surface area contributed by atoms with E-state index in [0.717, 1.165) is 16.5 Å². The van der Waals surface area contributed by atoms with E-state index in [0.29, 0.717) is 29.4 Å². The number of hydrogen-bond donors (Lipinski definition) is 1. The Kier molecular flexibility index (Phi) is 4.62. The number of amides is 1. The highest BCUT2D eigenvalue weighted by atomic mass is 16.3. The lowest BCUT2D eigenvalue weighted by molar-refractivity contribution is 0.0996. The van der Waals surface area contributed by atoms with Gasteiger partial charge in [-0.15, -0.1) is 5.10 Å². The Morgan fingerprint density at radius 2 is 2.00 bits per heavy atom. The van der Waals surface area contributed by atoms with Gasteiger partial charge in [-0.1, -0.05) is 30.3 Å². The molecule has 0 aliphatic rings. The number of carbonyl (C=O) groups excluding carboxylic acids is 1. The quantitative estimate of drug-likeness (QED) is 0.576. The molecule has 1 amide bonds. The van der Waals surface area contributed by atoms with E-state index >= 15 is 0 Å². The first-order valence-electron chi connectivity index (χ1n) is 8.82. The first-order chi connectivity index (χ1) is 13.5. The third-order valence-corrected chi connectivity index (χ3v) is 4.38. The summed E-state index contributed by atoms with van der Waals surface area (Å²) in [6.45, 7) is 0.602. The van der Waals surface area contributed by atoms with Crippen molar-refractivity contribution in [3.05, 3.63) is 59.9 Å². The minimum absolute atomic E-state index is 0.290. The molecule has 0 radical (unpaired) electrons. The molecule has 8 nitrogen and oxygen atoms in total. The van der Waals surface area contributed by atoms with E-state index in [4.69, 9.17) is 4.42 Å². The third-order valence-electron chi connectivity index (χ3n) is 4.38. The molecule has 2 aromatic carbocycles. The number of aryl methyl sites for hydroxylation is 1. The number of fused-ring (bicyclic) bond motifs is 1. The van der Waals surface area contributed by atoms with Gasteiger partial charge in [0.05, 0.1) is 0 Å². The van der Waals surface area contributed by atoms with Crippen LogP contribution >= 0.6 is 0 Å². The fourth-order valence-corrected chi connectivity index (χ4v) is 3.15. The Morgan fingerprint density at radius 1 is 1.18 bits per heavy atom. The van der Waals surface area contributed by atoms with Gasteiger partial charge < -0.3 is 14.6 Å². The number of benzene rings is 2. The van der Waals surface area contributed by atoms with Gasteiger partial charge in [0, 0.05) is 35.8 Å². The van der Waals surface area contributed by atoms with Crippen molar-refractivity contribution in [3.63, 3.8) is 0 Å². The summed E-state index contributed by atoms with van der Waals surface area (Å²) in [4.78, 5) is 15.0. The predicted octanol–water partition coefficient (Wildman–Crippen LogP) is 2.94. The summed E-state index contributed by atoms with van der Waals surface area (Å²) in [6, 6.07) is 15.1. The molecule has 0 atom stereocenters. The van der Waals surface area contributed by atoms with Gasteiger partial charge in [0.1, 0.15) is 5.58 Å². The van der Waals surface area contributed by atoms with E-state index in [9.17, 15) is 4.79 Å². The van der Waals surface area contributed by atoms with E-state index in [1.54, 1.807) is 11.7 Å². The SMILES string of the molecule is CN(C)Cc1c(C(=O)Nc2cccc(-c3nnnn3C)c2)oc2ccccc12. The van der Waals surface area contributed by atoms with Gasteiger partial charge in [-0.2, -0.15) is 0 Å². The van der Waals surface area contributed by atoms with E-state index in [2.05, 4.69) is 20.8 Å². The summed E-state index contributed by atoms with van der Waals surface area (Å²) >= 11 is 0. The van der Waals surface area contributed by atoms with Crippen LogP contribution in [0, 0.1) is 0 Å². The molecule has 0 spiro atoms. The van der Waals surface area contributed by atoms with Crippen molar-refractivity contribution in [1.82, 2.24) is 25.1 Å². The fraction of sp³-hybridized carbons (Fsp3) is 0.200. The molecule has 1 N–H and O–H groups in total. The molecule has 0 saturated carbocycles. The number of furan rings is 1. The second kappa shape index (κ2) is 7.24. The molecule has 0 aliphatic heterocycles. The molecule has 2 heterocycles. The summed E-state index contributed by atoms with van der Waals surface area (Å²) in [5.41, 5.74) is 3.01. The monoisotopic (exact) mass is 376 g/mol. The number of rotatable bonds is 5. The van der Waals surface area contributed by atoms with Gasteiger partial charge in [-0.25, -0.2) is 4.68 Å². The maximum absolute atomic E-state index is 13.0. The zero-order valence-corrected chi connectivity index (χ0v) is 15.9. The van der Waals surface area contributed by atoms with Gasteiger partial charge in [-0.3, -0.25) is 4.79 Å². The second-order valence-electron chi connectivity index (χ2n) is 6.80. The molecule has 8 heteroatoms. The highest BCUT2D eigenvalue weighted by Crippen LogP contribution is 2.28. The first-order valence-corrected chi connectivity index (χ1v) is 8.82. The Bertz CT molecular complexity index is 1140. The lowest BCUT2D eigenvalue weighted by Gasteiger charge is -2.10. The molecular formula is C20H20N6O2. The number of nitrogens with one attached hydrogen (secondary N) is 1. The molecular weight excluding hydrogens is 356 g/mol. The van der Waals surface area contributed by atoms with Crippen LogP contribution in [0.1, 0.15) is 16.1 Å². The van der Waals surface area contributed by atoms with E-state index in [-0.39, 0.29) is 5.91 Å². The molecule has 0 bridgehead atoms. The van der Waals surface area contributed by atoms with Crippen molar-refractivity contribution in [2.75, 3.05) is 19.4 Å². The summed E-state index contributed by atoms with van der Waals surface area (Å²) < 4.78 is 7.46. The van der Waals surface area contributed by atoms with Gasteiger partial charge in [0.2, 0.25) is 0 Å². The molecule has 0 unspecified atom stereocenters. The largest absolute Gasteiger partial charge is 0.451 e. The lowest BCUT2D eigenvalue weighted by Crippen LogP contribution is -2.17. The molecule has 4 aromatic rings. The molecule has 0 saturated heterocycles. The third kappa shape index (κ3) is 3.37. The van der Waals surface area contributed by atoms with Gasteiger partial charge in [0.25, 0.3) is 5.91 Å². The number of anilines is 1. The fourth-order valence-electron chi connectivity index (χ4n) is 3.15. The van der Waals surface area contributed by atoms with Crippen molar-refractivity contribution < 1.29 is 9.21 Å². The van der Waals surface area contributed by atoms with Crippen molar-refractivity contribution in [1.29, 1.82) is 0 Å². The van der Waals surface area contributed by atoms with Crippen LogP contribution in [0.5, 0.6) is 0 Å². The van der Waals surface area contributed by atoms with E-state index in [1.165, 1.54) is 0 Å². The minimum Gasteiger partial charge on any atom is -0.451 e. The van der Waals surface area contributed by atoms with Gasteiger partial charge in [-0.05, 0) is 42.7 Å². The number of tetrazole rings is 1. The second-order valence-corrected chi connectivity index (χ2v) is 6.80. The van der Waals surface area contributed by atoms with Gasteiger partial charge >= 0.3 is 0 Å². The highest BCUT2D eigenvalue weighted by Gasteiger charge is 2.21. The van der Waals surface area contributed by atoms with Crippen molar-refractivity contribution in [2.24, 2.45) is 7.05 Å². The van der Waals surface area contributed by atoms with E-state index < -0.39 is 0 Å². The molecule has 0 aliphatic carbocycles. The number of nitrogens with zero attached hydrogens (tertiary/aromatic N) is 5. The molecule has 2 aromatic heterocycles. The smallest absolute Gasteiger partial charge is 0.291 e. The zero-order chi connectivity index (χ0) is 19.7. The summed E-state index contributed by atoms with van der Waals surface area (Å²) in [5.74, 6) is 0.648. The van der Waals surface area contributed by atoms with Crippen molar-refractivity contribution in [3.8, 4) is 11.4 Å². The molecule has 28 heavy (non-hydrogen) atoms. The van der Waals surface area contributed by atoms with Crippen molar-refractivity contribution >= 4 is 22.6 Å². The number of hydrogen-bond acceptors (Lipinski definition) is 6. The average Bonchev–Trinajstić information content (AvgIpc) is 3.26. The van der Waals surface area contributed by atoms with Crippen LogP contribution in [0.15, 0.2) is 52.9 Å². The minimum atomic E-state index is -0.290. The Balaban J connectivity index is 1.67. The van der Waals surface area contributed by atoms with Crippen LogP contribution in [-0.2, 0) is 13.6 Å². The summed E-state index contributed by atoms with van der Waals surface area (Å²) in [5, 5.41) is 15.4. The molecule has 142 valence electrons. The average molecular weight is 376 g/mol. The van der Waals surface area contributed by atoms with Crippen LogP contribution in [0.25, 0.3) is 22.4 Å². The summed E-state index contributed by atoms with van der Waals surface area (Å²) in [6.07, 6.45) is 0. The Labute approximate surface area is 161 Å². The number of carbonyl (C=O) groups is 1. The van der Waals surface area contributed by atoms with Gasteiger partial charge in [0.15, 0.2) is 11.6 Å². The van der Waals surface area contributed by atoms with Crippen LogP contribution in [-0.4, -0.2) is 45.1 Å². The first kappa shape index (κ1) is 17.9. The normalized spacial score (nSPS) is 11.3. The van der Waals surface area contributed by atoms with Crippen LogP contribution in [0.4, 0.5) is 5.69 Å². The number of para-hydroxylation sites is 1. The van der Waals surface area contributed by atoms with Crippen LogP contribution < -0.4 is 5.32 Å². The maximum Gasteiger partial charge on any atom is 0.291 e. The number of aromatic nitrogens is 4. The highest BCUT2D eigenvalue weighted by molar-refractivity contribution is 6.06. The standard InChI is InChI=1S/C20H20N6O2/c1-25(2)12-16-15-9-4-5-10-17(15)28-18(16)20(27)21-14-8-6-7-13(11-14)19-22-23-24-26(19)3/h4-11H,12H2,1-3H3,(H,21,27). The van der Waals surface area contributed by atoms with Crippen LogP contribution in [0.3, 0.4) is 0 Å². The lowest BCUT2D eigenvalue weighted by atomic mass is 10.1. The van der Waals surface area contributed by atoms with E-state index in [1.807, 2.05) is 67.5 Å². The molecule has 0 fully saturated rings. The van der Waals surface area contributed by atoms with Crippen LogP contribution in [0.2, 0.25) is 0 Å². The Morgan fingerprint density at radius 3 is 2.75 bits per heavy atom. The topological polar surface area (TPSA) is 89.1 Å². The van der Waals surface area contributed by atoms with Crippen molar-refractivity contribution in [2.45, 2.75) is 6.54 Å². The maximum atomic E-state index is 13.0. The summed E-state index contributed by atoms with van der Waals surface area (Å²) in [7, 11) is 5.69.